The molecule has 0 fully saturated rings. The van der Waals surface area contributed by atoms with E-state index in [2.05, 4.69) is 14.9 Å². The summed E-state index contributed by atoms with van der Waals surface area (Å²) >= 11 is 0. The number of carboxylic acids is 1. The Morgan fingerprint density at radius 1 is 1.08 bits per heavy atom. The second-order valence-electron chi connectivity index (χ2n) is 8.97. The van der Waals surface area contributed by atoms with Crippen LogP contribution in [0.15, 0.2) is 57.0 Å². The van der Waals surface area contributed by atoms with E-state index in [9.17, 15) is 14.4 Å². The van der Waals surface area contributed by atoms with Crippen LogP contribution in [0.2, 0.25) is 0 Å². The summed E-state index contributed by atoms with van der Waals surface area (Å²) in [5.41, 5.74) is 2.06. The van der Waals surface area contributed by atoms with Crippen LogP contribution >= 0.6 is 0 Å². The molecule has 0 saturated carbocycles. The number of nitrogens with zero attached hydrogens (tertiary/aromatic N) is 4. The van der Waals surface area contributed by atoms with Crippen molar-refractivity contribution in [2.45, 2.75) is 39.8 Å². The number of benzene rings is 2. The normalized spacial score (nSPS) is 11.8. The number of ether oxygens (including phenoxy) is 1. The maximum atomic E-state index is 13.2. The Labute approximate surface area is 209 Å². The Kier molecular flexibility index (Phi) is 9.02. The summed E-state index contributed by atoms with van der Waals surface area (Å²) in [7, 11) is 4.03. The van der Waals surface area contributed by atoms with Crippen molar-refractivity contribution in [1.82, 2.24) is 19.0 Å². The molecule has 0 radical (unpaired) electrons. The third-order valence-electron chi connectivity index (χ3n) is 5.60. The number of aromatic amines is 1. The van der Waals surface area contributed by atoms with Crippen LogP contribution in [-0.2, 0) is 17.9 Å². The van der Waals surface area contributed by atoms with Gasteiger partial charge < -0.3 is 14.7 Å². The van der Waals surface area contributed by atoms with Crippen LogP contribution in [0.1, 0.15) is 29.5 Å². The van der Waals surface area contributed by atoms with Crippen LogP contribution in [0, 0.1) is 13.8 Å². The molecule has 0 saturated heterocycles. The number of aromatic nitrogens is 3. The zero-order valence-electron chi connectivity index (χ0n) is 21.2. The summed E-state index contributed by atoms with van der Waals surface area (Å²) in [4.78, 5) is 46.3. The lowest BCUT2D eigenvalue weighted by Gasteiger charge is -2.12. The second-order valence-corrected chi connectivity index (χ2v) is 8.97. The van der Waals surface area contributed by atoms with E-state index in [0.29, 0.717) is 12.3 Å². The lowest BCUT2D eigenvalue weighted by molar-refractivity contribution is -0.137. The van der Waals surface area contributed by atoms with Crippen molar-refractivity contribution in [2.75, 3.05) is 27.2 Å². The molecule has 0 aliphatic carbocycles. The van der Waals surface area contributed by atoms with Gasteiger partial charge in [0.25, 0.3) is 0 Å². The van der Waals surface area contributed by atoms with E-state index in [4.69, 9.17) is 9.84 Å². The summed E-state index contributed by atoms with van der Waals surface area (Å²) in [6, 6.07) is 13.1. The van der Waals surface area contributed by atoms with Crippen molar-refractivity contribution in [3.63, 3.8) is 0 Å². The van der Waals surface area contributed by atoms with Crippen molar-refractivity contribution in [1.29, 1.82) is 0 Å². The van der Waals surface area contributed by atoms with Gasteiger partial charge in [-0.2, -0.15) is 0 Å². The predicted molar refractivity (Wildman–Crippen MR) is 137 cm³/mol. The summed E-state index contributed by atoms with van der Waals surface area (Å²) in [6.07, 6.45) is 0.551. The minimum Gasteiger partial charge on any atom is -0.494 e. The number of hydrogen-bond acceptors (Lipinski definition) is 6. The summed E-state index contributed by atoms with van der Waals surface area (Å²) in [5, 5.41) is 9.02. The second kappa shape index (κ2) is 12.2. The van der Waals surface area contributed by atoms with Gasteiger partial charge in [0.1, 0.15) is 5.75 Å². The van der Waals surface area contributed by atoms with E-state index in [1.165, 1.54) is 4.57 Å². The van der Waals surface area contributed by atoms with Crippen LogP contribution in [0.25, 0.3) is 0 Å². The molecule has 36 heavy (non-hydrogen) atoms. The maximum Gasteiger partial charge on any atom is 0.335 e. The molecule has 0 amide bonds. The molecule has 10 nitrogen and oxygen atoms in total. The first-order chi connectivity index (χ1) is 17.1. The van der Waals surface area contributed by atoms with Crippen molar-refractivity contribution in [2.24, 2.45) is 4.99 Å². The molecule has 0 bridgehead atoms. The topological polar surface area (TPSA) is 122 Å². The van der Waals surface area contributed by atoms with Gasteiger partial charge in [-0.05, 0) is 63.7 Å². The van der Waals surface area contributed by atoms with Crippen LogP contribution < -0.4 is 21.7 Å². The monoisotopic (exact) mass is 495 g/mol. The highest BCUT2D eigenvalue weighted by Gasteiger charge is 2.12. The SMILES string of the molecule is Cc1ccc(Cn2c(=O)n(CCC(=O)O)c(=O)[nH]/c2=N\c2ccc(OCCCN(C)C)cc2C)cc1. The number of aliphatic carboxylic acids is 1. The third-order valence-corrected chi connectivity index (χ3v) is 5.60. The number of nitrogens with one attached hydrogen (secondary N) is 1. The fraction of sp³-hybridized carbons (Fsp3) is 0.385. The molecular formula is C26H33N5O5. The van der Waals surface area contributed by atoms with Gasteiger partial charge in [-0.15, -0.1) is 0 Å². The lowest BCUT2D eigenvalue weighted by atomic mass is 10.1. The number of H-pyrrole nitrogens is 1. The van der Waals surface area contributed by atoms with Gasteiger partial charge in [-0.1, -0.05) is 29.8 Å². The molecule has 1 aromatic heterocycles. The van der Waals surface area contributed by atoms with Crippen molar-refractivity contribution in [3.05, 3.63) is 85.7 Å². The number of rotatable bonds is 11. The minimum atomic E-state index is -1.10. The molecule has 2 aromatic carbocycles. The quantitative estimate of drug-likeness (QED) is 0.393. The van der Waals surface area contributed by atoms with Crippen molar-refractivity contribution < 1.29 is 14.6 Å². The van der Waals surface area contributed by atoms with Gasteiger partial charge in [0, 0.05) is 13.1 Å². The fourth-order valence-electron chi connectivity index (χ4n) is 3.59. The van der Waals surface area contributed by atoms with Crippen LogP contribution in [-0.4, -0.2) is 57.3 Å². The number of carboxylic acid groups (broad SMARTS) is 1. The van der Waals surface area contributed by atoms with E-state index >= 15 is 0 Å². The number of carbonyl (C=O) groups is 1. The molecule has 3 aromatic rings. The average Bonchev–Trinajstić information content (AvgIpc) is 2.81. The molecule has 192 valence electrons. The average molecular weight is 496 g/mol. The van der Waals surface area contributed by atoms with Crippen molar-refractivity contribution in [3.8, 4) is 5.75 Å². The Balaban J connectivity index is 2.00. The molecule has 1 heterocycles. The maximum absolute atomic E-state index is 13.2. The first-order valence-corrected chi connectivity index (χ1v) is 11.8. The van der Waals surface area contributed by atoms with Crippen LogP contribution in [0.4, 0.5) is 5.69 Å². The van der Waals surface area contributed by atoms with E-state index in [1.807, 2.05) is 58.3 Å². The lowest BCUT2D eigenvalue weighted by Crippen LogP contribution is -2.50. The van der Waals surface area contributed by atoms with E-state index in [0.717, 1.165) is 40.0 Å². The van der Waals surface area contributed by atoms with E-state index < -0.39 is 17.3 Å². The van der Waals surface area contributed by atoms with Gasteiger partial charge in [-0.25, -0.2) is 19.1 Å². The minimum absolute atomic E-state index is 0.0832. The number of aryl methyl sites for hydroxylation is 2. The fourth-order valence-corrected chi connectivity index (χ4v) is 3.59. The van der Waals surface area contributed by atoms with Gasteiger partial charge in [0.2, 0.25) is 5.62 Å². The first kappa shape index (κ1) is 26.7. The standard InChI is InChI=1S/C26H33N5O5/c1-18-6-8-20(9-7-18)17-31-24(28-25(34)30(26(31)35)14-12-23(32)33)27-22-11-10-21(16-19(22)2)36-15-5-13-29(3)4/h6-11,16H,5,12-15,17H2,1-4H3,(H,32,33)(H,27,28,34). The van der Waals surface area contributed by atoms with Gasteiger partial charge in [0.15, 0.2) is 0 Å². The highest BCUT2D eigenvalue weighted by Crippen LogP contribution is 2.23. The van der Waals surface area contributed by atoms with Crippen LogP contribution in [0.5, 0.6) is 5.75 Å². The molecule has 0 atom stereocenters. The highest BCUT2D eigenvalue weighted by molar-refractivity contribution is 5.66. The third kappa shape index (κ3) is 7.29. The van der Waals surface area contributed by atoms with Crippen LogP contribution in [0.3, 0.4) is 0 Å². The van der Waals surface area contributed by atoms with Crippen molar-refractivity contribution >= 4 is 11.7 Å². The van der Waals surface area contributed by atoms with E-state index in [-0.39, 0.29) is 25.1 Å². The van der Waals surface area contributed by atoms with Gasteiger partial charge >= 0.3 is 17.3 Å². The first-order valence-electron chi connectivity index (χ1n) is 11.8. The Bertz CT molecular complexity index is 1380. The molecule has 3 rings (SSSR count). The van der Waals surface area contributed by atoms with Gasteiger partial charge in [0.05, 0.1) is 25.3 Å². The smallest absolute Gasteiger partial charge is 0.335 e. The molecule has 10 heteroatoms. The van der Waals surface area contributed by atoms with Gasteiger partial charge in [-0.3, -0.25) is 14.3 Å². The highest BCUT2D eigenvalue weighted by atomic mass is 16.5. The molecule has 0 aliphatic rings. The van der Waals surface area contributed by atoms with E-state index in [1.54, 1.807) is 12.1 Å². The number of hydrogen-bond donors (Lipinski definition) is 2. The Hall–Kier alpha value is -3.92. The summed E-state index contributed by atoms with van der Waals surface area (Å²) in [5.74, 6) is -0.380. The Morgan fingerprint density at radius 3 is 2.44 bits per heavy atom. The molecular weight excluding hydrogens is 462 g/mol. The molecule has 0 spiro atoms. The molecule has 0 aliphatic heterocycles. The summed E-state index contributed by atoms with van der Waals surface area (Å²) < 4.78 is 8.06. The molecule has 2 N–H and O–H groups in total. The Morgan fingerprint density at radius 2 is 1.81 bits per heavy atom. The summed E-state index contributed by atoms with van der Waals surface area (Å²) in [6.45, 7) is 5.28. The zero-order valence-corrected chi connectivity index (χ0v) is 21.2. The zero-order chi connectivity index (χ0) is 26.2. The molecule has 0 unspecified atom stereocenters. The largest absolute Gasteiger partial charge is 0.494 e. The predicted octanol–water partition coefficient (Wildman–Crippen LogP) is 2.04.